The number of nitrogens with two attached hydrogens (primary N) is 1. The summed E-state index contributed by atoms with van der Waals surface area (Å²) in [6.45, 7) is 0.884. The summed E-state index contributed by atoms with van der Waals surface area (Å²) < 4.78 is 22.3. The Morgan fingerprint density at radius 1 is 1.18 bits per heavy atom. The summed E-state index contributed by atoms with van der Waals surface area (Å²) in [6, 6.07) is 6.87. The van der Waals surface area contributed by atoms with Crippen LogP contribution in [0.15, 0.2) is 29.2 Å². The molecule has 0 aromatic heterocycles. The molecule has 0 atom stereocenters. The standard InChI is InChI=1S/C15H23N3O3S/c16-22(20,21)14-7-5-12(6-8-14)9-10-17-15(19)11-18-13-3-1-2-4-13/h5-8,13,18H,1-4,9-11H2,(H,17,19)(H2,16,20,21). The molecule has 1 amide bonds. The van der Waals surface area contributed by atoms with Crippen LogP contribution in [0.2, 0.25) is 0 Å². The van der Waals surface area contributed by atoms with Crippen LogP contribution in [0, 0.1) is 0 Å². The van der Waals surface area contributed by atoms with Crippen molar-refractivity contribution < 1.29 is 13.2 Å². The number of hydrogen-bond donors (Lipinski definition) is 3. The van der Waals surface area contributed by atoms with Crippen LogP contribution in [-0.2, 0) is 21.2 Å². The Labute approximate surface area is 131 Å². The summed E-state index contributed by atoms with van der Waals surface area (Å²) in [6.07, 6.45) is 5.45. The van der Waals surface area contributed by atoms with E-state index >= 15 is 0 Å². The van der Waals surface area contributed by atoms with Crippen LogP contribution in [0.1, 0.15) is 31.2 Å². The van der Waals surface area contributed by atoms with Crippen molar-refractivity contribution in [2.75, 3.05) is 13.1 Å². The van der Waals surface area contributed by atoms with Crippen molar-refractivity contribution in [1.29, 1.82) is 0 Å². The lowest BCUT2D eigenvalue weighted by Gasteiger charge is -2.11. The number of amides is 1. The molecule has 0 spiro atoms. The lowest BCUT2D eigenvalue weighted by molar-refractivity contribution is -0.120. The Balaban J connectivity index is 1.68. The SMILES string of the molecule is NS(=O)(=O)c1ccc(CCNC(=O)CNC2CCCC2)cc1. The summed E-state index contributed by atoms with van der Waals surface area (Å²) >= 11 is 0. The van der Waals surface area contributed by atoms with Gasteiger partial charge in [0.2, 0.25) is 15.9 Å². The summed E-state index contributed by atoms with van der Waals surface area (Å²) in [5.41, 5.74) is 0.955. The van der Waals surface area contributed by atoms with Gasteiger partial charge in [-0.05, 0) is 37.0 Å². The van der Waals surface area contributed by atoms with E-state index < -0.39 is 10.0 Å². The maximum absolute atomic E-state index is 11.7. The largest absolute Gasteiger partial charge is 0.355 e. The zero-order valence-electron chi connectivity index (χ0n) is 12.5. The summed E-state index contributed by atoms with van der Waals surface area (Å²) in [4.78, 5) is 11.8. The lowest BCUT2D eigenvalue weighted by atomic mass is 10.1. The second-order valence-corrected chi connectivity index (χ2v) is 7.21. The Hall–Kier alpha value is -1.44. The van der Waals surface area contributed by atoms with Crippen LogP contribution in [-0.4, -0.2) is 33.5 Å². The summed E-state index contributed by atoms with van der Waals surface area (Å²) in [5, 5.41) is 11.2. The second-order valence-electron chi connectivity index (χ2n) is 5.65. The number of sulfonamides is 1. The number of carbonyl (C=O) groups is 1. The van der Waals surface area contributed by atoms with Crippen LogP contribution < -0.4 is 15.8 Å². The number of hydrogen-bond acceptors (Lipinski definition) is 4. The van der Waals surface area contributed by atoms with Gasteiger partial charge in [0.25, 0.3) is 0 Å². The highest BCUT2D eigenvalue weighted by Gasteiger charge is 2.15. The number of primary sulfonamides is 1. The molecule has 6 nitrogen and oxygen atoms in total. The minimum Gasteiger partial charge on any atom is -0.355 e. The van der Waals surface area contributed by atoms with Crippen LogP contribution in [0.25, 0.3) is 0 Å². The lowest BCUT2D eigenvalue weighted by Crippen LogP contribution is -2.38. The Morgan fingerprint density at radius 2 is 1.82 bits per heavy atom. The fourth-order valence-electron chi connectivity index (χ4n) is 2.62. The van der Waals surface area contributed by atoms with Gasteiger partial charge < -0.3 is 10.6 Å². The smallest absolute Gasteiger partial charge is 0.238 e. The molecule has 0 heterocycles. The molecule has 1 aliphatic carbocycles. The molecule has 122 valence electrons. The van der Waals surface area contributed by atoms with Gasteiger partial charge in [0.05, 0.1) is 11.4 Å². The Bertz CT molecular complexity index is 593. The normalized spacial score (nSPS) is 15.9. The quantitative estimate of drug-likeness (QED) is 0.680. The van der Waals surface area contributed by atoms with Crippen molar-refractivity contribution in [3.8, 4) is 0 Å². The molecule has 0 aliphatic heterocycles. The van der Waals surface area contributed by atoms with Crippen LogP contribution >= 0.6 is 0 Å². The number of rotatable bonds is 7. The predicted molar refractivity (Wildman–Crippen MR) is 84.8 cm³/mol. The molecule has 7 heteroatoms. The van der Waals surface area contributed by atoms with Gasteiger partial charge in [-0.2, -0.15) is 0 Å². The molecule has 1 saturated carbocycles. The predicted octanol–water partition coefficient (Wildman–Crippen LogP) is 0.525. The van der Waals surface area contributed by atoms with Crippen molar-refractivity contribution in [2.45, 2.75) is 43.0 Å². The van der Waals surface area contributed by atoms with Crippen molar-refractivity contribution in [2.24, 2.45) is 5.14 Å². The third kappa shape index (κ3) is 5.40. The number of benzene rings is 1. The van der Waals surface area contributed by atoms with Gasteiger partial charge in [-0.25, -0.2) is 13.6 Å². The van der Waals surface area contributed by atoms with E-state index in [2.05, 4.69) is 10.6 Å². The average molecular weight is 325 g/mol. The van der Waals surface area contributed by atoms with E-state index in [0.717, 1.165) is 18.4 Å². The first-order valence-electron chi connectivity index (χ1n) is 7.57. The molecule has 1 aromatic carbocycles. The molecule has 1 fully saturated rings. The van der Waals surface area contributed by atoms with E-state index in [1.54, 1.807) is 12.1 Å². The van der Waals surface area contributed by atoms with Crippen LogP contribution in [0.4, 0.5) is 0 Å². The minimum atomic E-state index is -3.65. The molecule has 1 aromatic rings. The maximum atomic E-state index is 11.7. The first-order valence-corrected chi connectivity index (χ1v) is 9.11. The van der Waals surface area contributed by atoms with Crippen molar-refractivity contribution in [3.05, 3.63) is 29.8 Å². The molecule has 4 N–H and O–H groups in total. The maximum Gasteiger partial charge on any atom is 0.238 e. The molecule has 1 aliphatic rings. The fourth-order valence-corrected chi connectivity index (χ4v) is 3.14. The zero-order chi connectivity index (χ0) is 16.0. The monoisotopic (exact) mass is 325 g/mol. The molecule has 2 rings (SSSR count). The van der Waals surface area contributed by atoms with E-state index in [1.165, 1.54) is 25.0 Å². The first-order chi connectivity index (χ1) is 10.4. The third-order valence-corrected chi connectivity index (χ3v) is 4.82. The van der Waals surface area contributed by atoms with E-state index in [1.807, 2.05) is 0 Å². The van der Waals surface area contributed by atoms with Gasteiger partial charge in [0, 0.05) is 12.6 Å². The second kappa shape index (κ2) is 7.71. The molecule has 22 heavy (non-hydrogen) atoms. The molecule has 0 radical (unpaired) electrons. The summed E-state index contributed by atoms with van der Waals surface area (Å²) in [5.74, 6) is -0.00643. The Morgan fingerprint density at radius 3 is 2.41 bits per heavy atom. The third-order valence-electron chi connectivity index (χ3n) is 3.89. The highest BCUT2D eigenvalue weighted by Crippen LogP contribution is 2.17. The fraction of sp³-hybridized carbons (Fsp3) is 0.533. The molecule has 0 unspecified atom stereocenters. The van der Waals surface area contributed by atoms with Crippen molar-refractivity contribution in [1.82, 2.24) is 10.6 Å². The molecule has 0 bridgehead atoms. The van der Waals surface area contributed by atoms with Crippen molar-refractivity contribution >= 4 is 15.9 Å². The molecular weight excluding hydrogens is 302 g/mol. The highest BCUT2D eigenvalue weighted by atomic mass is 32.2. The molecule has 0 saturated heterocycles. The number of nitrogens with one attached hydrogen (secondary N) is 2. The zero-order valence-corrected chi connectivity index (χ0v) is 13.4. The van der Waals surface area contributed by atoms with Gasteiger partial charge in [0.1, 0.15) is 0 Å². The highest BCUT2D eigenvalue weighted by molar-refractivity contribution is 7.89. The van der Waals surface area contributed by atoms with E-state index in [0.29, 0.717) is 25.6 Å². The van der Waals surface area contributed by atoms with Crippen LogP contribution in [0.3, 0.4) is 0 Å². The Kier molecular flexibility index (Phi) is 5.93. The summed E-state index contributed by atoms with van der Waals surface area (Å²) in [7, 11) is -3.65. The average Bonchev–Trinajstić information content (AvgIpc) is 2.98. The van der Waals surface area contributed by atoms with E-state index in [-0.39, 0.29) is 10.8 Å². The van der Waals surface area contributed by atoms with Gasteiger partial charge in [-0.3, -0.25) is 4.79 Å². The van der Waals surface area contributed by atoms with Crippen molar-refractivity contribution in [3.63, 3.8) is 0 Å². The van der Waals surface area contributed by atoms with E-state index in [4.69, 9.17) is 5.14 Å². The molecular formula is C15H23N3O3S. The van der Waals surface area contributed by atoms with Gasteiger partial charge in [-0.1, -0.05) is 25.0 Å². The van der Waals surface area contributed by atoms with E-state index in [9.17, 15) is 13.2 Å². The van der Waals surface area contributed by atoms with Gasteiger partial charge >= 0.3 is 0 Å². The first kappa shape index (κ1) is 16.9. The topological polar surface area (TPSA) is 101 Å². The van der Waals surface area contributed by atoms with Gasteiger partial charge in [0.15, 0.2) is 0 Å². The van der Waals surface area contributed by atoms with Crippen LogP contribution in [0.5, 0.6) is 0 Å². The minimum absolute atomic E-state index is 0.00643. The van der Waals surface area contributed by atoms with Gasteiger partial charge in [-0.15, -0.1) is 0 Å². The number of carbonyl (C=O) groups excluding carboxylic acids is 1.